The molecule has 1 aliphatic heterocycles. The lowest BCUT2D eigenvalue weighted by Gasteiger charge is -2.34. The van der Waals surface area contributed by atoms with E-state index in [1.54, 1.807) is 66.7 Å². The maximum absolute atomic E-state index is 15.1. The first-order valence-corrected chi connectivity index (χ1v) is 15.7. The normalized spacial score (nSPS) is 15.5. The van der Waals surface area contributed by atoms with Crippen LogP contribution in [0.2, 0.25) is 0 Å². The van der Waals surface area contributed by atoms with Crippen molar-refractivity contribution >= 4 is 21.8 Å². The zero-order valence-electron chi connectivity index (χ0n) is 24.3. The van der Waals surface area contributed by atoms with Crippen LogP contribution in [0.25, 0.3) is 11.1 Å². The first kappa shape index (κ1) is 30.9. The minimum atomic E-state index is -4.09. The van der Waals surface area contributed by atoms with Crippen LogP contribution in [0.4, 0.5) is 8.78 Å². The van der Waals surface area contributed by atoms with Crippen LogP contribution in [0.3, 0.4) is 0 Å². The molecule has 0 bridgehead atoms. The molecule has 5 rings (SSSR count). The lowest BCUT2D eigenvalue weighted by atomic mass is 9.89. The number of nitrogens with one attached hydrogen (secondary N) is 1. The number of ether oxygens (including phenoxy) is 1. The number of rotatable bonds is 8. The number of benzene rings is 4. The summed E-state index contributed by atoms with van der Waals surface area (Å²) in [5, 5.41) is 0. The summed E-state index contributed by atoms with van der Waals surface area (Å²) in [4.78, 5) is 28.1. The quantitative estimate of drug-likeness (QED) is 0.250. The summed E-state index contributed by atoms with van der Waals surface area (Å²) in [6.45, 7) is 3.59. The minimum absolute atomic E-state index is 0.0449. The third-order valence-corrected chi connectivity index (χ3v) is 8.98. The van der Waals surface area contributed by atoms with E-state index in [0.29, 0.717) is 29.8 Å². The van der Waals surface area contributed by atoms with E-state index in [1.807, 2.05) is 6.07 Å². The summed E-state index contributed by atoms with van der Waals surface area (Å²) in [6, 6.07) is 25.9. The van der Waals surface area contributed by atoms with Crippen molar-refractivity contribution in [3.8, 4) is 16.9 Å². The van der Waals surface area contributed by atoms with Gasteiger partial charge in [-0.2, -0.15) is 0 Å². The van der Waals surface area contributed by atoms with Gasteiger partial charge in [-0.25, -0.2) is 21.9 Å². The summed E-state index contributed by atoms with van der Waals surface area (Å²) in [5.74, 6) is -3.49. The van der Waals surface area contributed by atoms with Gasteiger partial charge in [-0.05, 0) is 73.7 Å². The summed E-state index contributed by atoms with van der Waals surface area (Å²) in [7, 11) is -4.09. The van der Waals surface area contributed by atoms with Crippen molar-refractivity contribution < 1.29 is 31.5 Å². The minimum Gasteiger partial charge on any atom is -0.478 e. The number of carbonyl (C=O) groups excluding carboxylic acids is 2. The third kappa shape index (κ3) is 6.65. The average Bonchev–Trinajstić information content (AvgIpc) is 3.02. The molecule has 4 aromatic rings. The number of piperidine rings is 1. The van der Waals surface area contributed by atoms with Crippen molar-refractivity contribution in [1.29, 1.82) is 0 Å². The predicted octanol–water partition coefficient (Wildman–Crippen LogP) is 6.31. The van der Waals surface area contributed by atoms with E-state index in [1.165, 1.54) is 36.9 Å². The number of sulfonamides is 1. The summed E-state index contributed by atoms with van der Waals surface area (Å²) in [5.41, 5.74) is -0.0842. The molecule has 0 spiro atoms. The second-order valence-electron chi connectivity index (χ2n) is 11.2. The van der Waals surface area contributed by atoms with Crippen LogP contribution in [-0.2, 0) is 14.8 Å². The summed E-state index contributed by atoms with van der Waals surface area (Å²) >= 11 is 0. The number of halogens is 2. The Hall–Kier alpha value is -4.57. The van der Waals surface area contributed by atoms with Gasteiger partial charge >= 0.3 is 0 Å². The van der Waals surface area contributed by atoms with Gasteiger partial charge in [-0.3, -0.25) is 9.59 Å². The standard InChI is InChI=1S/C34H32F2N2O5S/c1-34(2,33(40)37-44(41,42)27-16-7-4-8-17-27)43-26-15-9-13-24(21-26)25-14-10-20-38(22-25)32(39)30-28(18-19-29(35)31(30)36)23-11-5-3-6-12-23/h3-9,11-13,15-19,21,25H,10,14,20,22H2,1-2H3,(H,37,40). The molecule has 1 fully saturated rings. The van der Waals surface area contributed by atoms with E-state index in [2.05, 4.69) is 4.72 Å². The molecule has 7 nitrogen and oxygen atoms in total. The molecule has 1 aliphatic rings. The summed E-state index contributed by atoms with van der Waals surface area (Å²) in [6.07, 6.45) is 1.38. The number of hydrogen-bond donors (Lipinski definition) is 1. The van der Waals surface area contributed by atoms with Crippen LogP contribution in [0.1, 0.15) is 48.5 Å². The van der Waals surface area contributed by atoms with Gasteiger partial charge < -0.3 is 9.64 Å². The van der Waals surface area contributed by atoms with Gasteiger partial charge in [0, 0.05) is 19.0 Å². The second-order valence-corrected chi connectivity index (χ2v) is 12.9. The Kier molecular flexibility index (Phi) is 8.82. The van der Waals surface area contributed by atoms with Gasteiger partial charge in [-0.15, -0.1) is 0 Å². The molecule has 1 saturated heterocycles. The van der Waals surface area contributed by atoms with E-state index < -0.39 is 39.1 Å². The summed E-state index contributed by atoms with van der Waals surface area (Å²) < 4.78 is 62.9. The lowest BCUT2D eigenvalue weighted by molar-refractivity contribution is -0.132. The fraction of sp³-hybridized carbons (Fsp3) is 0.235. The van der Waals surface area contributed by atoms with Crippen LogP contribution in [0.15, 0.2) is 102 Å². The van der Waals surface area contributed by atoms with Gasteiger partial charge in [0.1, 0.15) is 5.75 Å². The fourth-order valence-corrected chi connectivity index (χ4v) is 6.41. The third-order valence-electron chi connectivity index (χ3n) is 7.63. The Morgan fingerprint density at radius 1 is 0.909 bits per heavy atom. The van der Waals surface area contributed by atoms with Crippen LogP contribution in [0, 0.1) is 11.6 Å². The van der Waals surface area contributed by atoms with Gasteiger partial charge in [0.15, 0.2) is 17.2 Å². The Bertz CT molecular complexity index is 1780. The molecular formula is C34H32F2N2O5S. The number of likely N-dealkylation sites (tertiary alicyclic amines) is 1. The molecule has 1 atom stereocenters. The Balaban J connectivity index is 1.33. The molecular weight excluding hydrogens is 586 g/mol. The number of hydrogen-bond acceptors (Lipinski definition) is 5. The average molecular weight is 619 g/mol. The van der Waals surface area contributed by atoms with Gasteiger partial charge in [-0.1, -0.05) is 66.7 Å². The highest BCUT2D eigenvalue weighted by Crippen LogP contribution is 2.33. The van der Waals surface area contributed by atoms with Gasteiger partial charge in [0.25, 0.3) is 21.8 Å². The molecule has 0 aromatic heterocycles. The second kappa shape index (κ2) is 12.6. The molecule has 0 radical (unpaired) electrons. The predicted molar refractivity (Wildman–Crippen MR) is 163 cm³/mol. The SMILES string of the molecule is CC(C)(Oc1cccc(C2CCCN(C(=O)c3c(-c4ccccc4)ccc(F)c3F)C2)c1)C(=O)NS(=O)(=O)c1ccccc1. The van der Waals surface area contributed by atoms with Gasteiger partial charge in [0.2, 0.25) is 0 Å². The van der Waals surface area contributed by atoms with Crippen molar-refractivity contribution in [1.82, 2.24) is 9.62 Å². The van der Waals surface area contributed by atoms with Crippen LogP contribution >= 0.6 is 0 Å². The van der Waals surface area contributed by atoms with Crippen molar-refractivity contribution in [2.24, 2.45) is 0 Å². The van der Waals surface area contributed by atoms with Crippen molar-refractivity contribution in [2.45, 2.75) is 43.1 Å². The Morgan fingerprint density at radius 2 is 1.59 bits per heavy atom. The number of carbonyl (C=O) groups is 2. The number of amides is 2. The maximum Gasteiger partial charge on any atom is 0.277 e. The van der Waals surface area contributed by atoms with Crippen LogP contribution in [0.5, 0.6) is 5.75 Å². The molecule has 2 amide bonds. The van der Waals surface area contributed by atoms with Crippen molar-refractivity contribution in [2.75, 3.05) is 13.1 Å². The van der Waals surface area contributed by atoms with Crippen LogP contribution < -0.4 is 9.46 Å². The molecule has 4 aromatic carbocycles. The topological polar surface area (TPSA) is 92.8 Å². The molecule has 228 valence electrons. The fourth-order valence-electron chi connectivity index (χ4n) is 5.29. The van der Waals surface area contributed by atoms with Crippen molar-refractivity contribution in [3.63, 3.8) is 0 Å². The molecule has 10 heteroatoms. The van der Waals surface area contributed by atoms with E-state index >= 15 is 4.39 Å². The first-order valence-electron chi connectivity index (χ1n) is 14.2. The molecule has 1 N–H and O–H groups in total. The Labute approximate surface area is 255 Å². The number of nitrogens with zero attached hydrogens (tertiary/aromatic N) is 1. The zero-order chi connectivity index (χ0) is 31.5. The lowest BCUT2D eigenvalue weighted by Crippen LogP contribution is -2.48. The van der Waals surface area contributed by atoms with Crippen molar-refractivity contribution in [3.05, 3.63) is 120 Å². The molecule has 0 saturated carbocycles. The van der Waals surface area contributed by atoms with Crippen LogP contribution in [-0.4, -0.2) is 43.8 Å². The van der Waals surface area contributed by atoms with E-state index in [4.69, 9.17) is 4.74 Å². The van der Waals surface area contributed by atoms with E-state index in [9.17, 15) is 22.4 Å². The largest absolute Gasteiger partial charge is 0.478 e. The monoisotopic (exact) mass is 618 g/mol. The zero-order valence-corrected chi connectivity index (χ0v) is 25.1. The molecule has 0 aliphatic carbocycles. The Morgan fingerprint density at radius 3 is 2.30 bits per heavy atom. The van der Waals surface area contributed by atoms with E-state index in [-0.39, 0.29) is 22.9 Å². The highest BCUT2D eigenvalue weighted by Gasteiger charge is 2.34. The molecule has 44 heavy (non-hydrogen) atoms. The first-order chi connectivity index (χ1) is 21.0. The molecule has 1 heterocycles. The smallest absolute Gasteiger partial charge is 0.277 e. The van der Waals surface area contributed by atoms with Gasteiger partial charge in [0.05, 0.1) is 10.5 Å². The molecule has 1 unspecified atom stereocenters. The highest BCUT2D eigenvalue weighted by atomic mass is 32.2. The highest BCUT2D eigenvalue weighted by molar-refractivity contribution is 7.90. The maximum atomic E-state index is 15.1. The van der Waals surface area contributed by atoms with E-state index in [0.717, 1.165) is 18.1 Å².